The number of nitrogens with two attached hydrogens (primary N) is 1. The zero-order valence-corrected chi connectivity index (χ0v) is 10.8. The van der Waals surface area contributed by atoms with Crippen molar-refractivity contribution in [3.63, 3.8) is 0 Å². The van der Waals surface area contributed by atoms with Crippen LogP contribution < -0.4 is 32.6 Å². The largest absolute Gasteiger partial charge is 1.00 e. The van der Waals surface area contributed by atoms with E-state index in [2.05, 4.69) is 9.88 Å². The van der Waals surface area contributed by atoms with Crippen LogP contribution in [-0.4, -0.2) is 13.6 Å². The average molecular weight is 313 g/mol. The molecule has 0 radical (unpaired) electrons. The van der Waals surface area contributed by atoms with Crippen LogP contribution in [-0.2, 0) is 6.54 Å². The molecule has 0 saturated heterocycles. The predicted molar refractivity (Wildman–Crippen MR) is 55.6 cm³/mol. The van der Waals surface area contributed by atoms with Crippen LogP contribution in [0.25, 0.3) is 0 Å². The number of anilines is 1. The topological polar surface area (TPSA) is 41.9 Å². The van der Waals surface area contributed by atoms with Crippen molar-refractivity contribution in [3.05, 3.63) is 24.5 Å². The molecule has 0 aromatic carbocycles. The van der Waals surface area contributed by atoms with Crippen molar-refractivity contribution >= 4 is 22.7 Å². The lowest BCUT2D eigenvalue weighted by Gasteiger charge is -1.97. The predicted octanol–water partition coefficient (Wildman–Crippen LogP) is -2.44. The van der Waals surface area contributed by atoms with Crippen molar-refractivity contribution in [1.82, 2.24) is 0 Å². The number of hydrogen-bond donors (Lipinski definition) is 2. The highest BCUT2D eigenvalue weighted by Gasteiger charge is 1.97. The Kier molecular flexibility index (Phi) is 10.00. The van der Waals surface area contributed by atoms with Crippen molar-refractivity contribution in [1.29, 1.82) is 0 Å². The van der Waals surface area contributed by atoms with Crippen LogP contribution in [0.3, 0.4) is 0 Å². The molecule has 0 unspecified atom stereocenters. The Morgan fingerprint density at radius 1 is 1.54 bits per heavy atom. The lowest BCUT2D eigenvalue weighted by atomic mass is 10.4. The summed E-state index contributed by atoms with van der Waals surface area (Å²) in [5.74, 6) is 0. The molecule has 0 aliphatic carbocycles. The van der Waals surface area contributed by atoms with E-state index in [1.165, 1.54) is 0 Å². The molecule has 0 bridgehead atoms. The van der Waals surface area contributed by atoms with Gasteiger partial charge in [0.2, 0.25) is 0 Å². The molecule has 0 aliphatic heterocycles. The molecule has 3 nitrogen and oxygen atoms in total. The summed E-state index contributed by atoms with van der Waals surface area (Å²) < 4.78 is 2.06. The summed E-state index contributed by atoms with van der Waals surface area (Å²) in [4.78, 5) is 0. The van der Waals surface area contributed by atoms with Crippen LogP contribution in [0.15, 0.2) is 24.5 Å². The molecule has 3 N–H and O–H groups in total. The molecule has 13 heavy (non-hydrogen) atoms. The third-order valence-corrected chi connectivity index (χ3v) is 1.53. The van der Waals surface area contributed by atoms with Gasteiger partial charge in [-0.25, -0.2) is 4.57 Å². The monoisotopic (exact) mass is 311 g/mol. The van der Waals surface area contributed by atoms with Crippen molar-refractivity contribution in [2.24, 2.45) is 5.73 Å². The number of nitrogens with zero attached hydrogens (tertiary/aromatic N) is 1. The molecule has 1 heterocycles. The second-order valence-corrected chi connectivity index (χ2v) is 2.37. The van der Waals surface area contributed by atoms with Crippen LogP contribution in [0.4, 0.5) is 5.69 Å². The molecule has 1 rings (SSSR count). The fourth-order valence-electron chi connectivity index (χ4n) is 0.958. The highest BCUT2D eigenvalue weighted by molar-refractivity contribution is 8.93. The van der Waals surface area contributed by atoms with Gasteiger partial charge in [-0.2, -0.15) is 0 Å². The van der Waals surface area contributed by atoms with Gasteiger partial charge in [-0.05, 0) is 6.07 Å². The summed E-state index contributed by atoms with van der Waals surface area (Å²) >= 11 is 0. The maximum absolute atomic E-state index is 5.41. The van der Waals surface area contributed by atoms with Crippen molar-refractivity contribution in [2.45, 2.75) is 6.54 Å². The first kappa shape index (κ1) is 15.3. The first-order chi connectivity index (χ1) is 5.36. The Balaban J connectivity index is 0. The standard InChI is InChI=1S/C8H14N3.2BrH/c1-10-8-3-2-5-11(7-8)6-4-9;;/h2-3,5,7,10H,4,6,9H2,1H3;2*1H/q+1;;/p-1. The van der Waals surface area contributed by atoms with E-state index in [1.54, 1.807) is 0 Å². The van der Waals surface area contributed by atoms with Gasteiger partial charge in [0.25, 0.3) is 0 Å². The van der Waals surface area contributed by atoms with Crippen LogP contribution in [0, 0.1) is 0 Å². The molecule has 5 heteroatoms. The Bertz CT molecular complexity index is 230. The Morgan fingerprint density at radius 3 is 2.77 bits per heavy atom. The Labute approximate surface area is 99.9 Å². The number of hydrogen-bond acceptors (Lipinski definition) is 2. The SMILES string of the molecule is Br.CNc1ccc[n+](CCN)c1.[Br-]. The van der Waals surface area contributed by atoms with Gasteiger partial charge in [-0.3, -0.25) is 0 Å². The summed E-state index contributed by atoms with van der Waals surface area (Å²) in [6.45, 7) is 1.55. The first-order valence-electron chi connectivity index (χ1n) is 3.73. The Hall–Kier alpha value is -0.130. The summed E-state index contributed by atoms with van der Waals surface area (Å²) in [6, 6.07) is 4.02. The molecule has 0 amide bonds. The number of halogens is 2. The third-order valence-electron chi connectivity index (χ3n) is 1.53. The van der Waals surface area contributed by atoms with Crippen LogP contribution in [0.2, 0.25) is 0 Å². The molecule has 1 aromatic rings. The molecule has 76 valence electrons. The van der Waals surface area contributed by atoms with Crippen LogP contribution in [0.1, 0.15) is 0 Å². The van der Waals surface area contributed by atoms with Gasteiger partial charge in [0.05, 0.1) is 12.2 Å². The van der Waals surface area contributed by atoms with Gasteiger partial charge in [0.1, 0.15) is 0 Å². The second kappa shape index (κ2) is 8.47. The maximum Gasteiger partial charge on any atom is 0.192 e. The number of nitrogens with one attached hydrogen (secondary N) is 1. The highest BCUT2D eigenvalue weighted by Crippen LogP contribution is 1.98. The number of aromatic nitrogens is 1. The van der Waals surface area contributed by atoms with Gasteiger partial charge in [0.15, 0.2) is 18.9 Å². The molecular formula is C8H15Br2N3. The second-order valence-electron chi connectivity index (χ2n) is 2.37. The number of pyridine rings is 1. The minimum Gasteiger partial charge on any atom is -1.00 e. The van der Waals surface area contributed by atoms with Crippen molar-refractivity contribution in [2.75, 3.05) is 18.9 Å². The van der Waals surface area contributed by atoms with E-state index in [0.717, 1.165) is 12.2 Å². The van der Waals surface area contributed by atoms with E-state index < -0.39 is 0 Å². The van der Waals surface area contributed by atoms with Gasteiger partial charge < -0.3 is 28.0 Å². The van der Waals surface area contributed by atoms with E-state index >= 15 is 0 Å². The molecular weight excluding hydrogens is 298 g/mol. The maximum atomic E-state index is 5.41. The fourth-order valence-corrected chi connectivity index (χ4v) is 0.958. The van der Waals surface area contributed by atoms with Gasteiger partial charge in [-0.15, -0.1) is 17.0 Å². The first-order valence-corrected chi connectivity index (χ1v) is 3.73. The average Bonchev–Trinajstić information content (AvgIpc) is 2.06. The highest BCUT2D eigenvalue weighted by atomic mass is 79.9. The molecule has 1 aromatic heterocycles. The van der Waals surface area contributed by atoms with E-state index in [9.17, 15) is 0 Å². The number of rotatable bonds is 3. The lowest BCUT2D eigenvalue weighted by Crippen LogP contribution is -3.00. The normalized spacial score (nSPS) is 8.15. The van der Waals surface area contributed by atoms with Crippen molar-refractivity contribution in [3.8, 4) is 0 Å². The minimum absolute atomic E-state index is 0. The van der Waals surface area contributed by atoms with Gasteiger partial charge in [-0.1, -0.05) is 0 Å². The van der Waals surface area contributed by atoms with E-state index in [4.69, 9.17) is 5.73 Å². The van der Waals surface area contributed by atoms with E-state index in [1.807, 2.05) is 31.6 Å². The zero-order chi connectivity index (χ0) is 8.10. The van der Waals surface area contributed by atoms with Crippen LogP contribution >= 0.6 is 17.0 Å². The van der Waals surface area contributed by atoms with Gasteiger partial charge >= 0.3 is 0 Å². The molecule has 0 saturated carbocycles. The minimum atomic E-state index is 0. The Morgan fingerprint density at radius 2 is 2.23 bits per heavy atom. The summed E-state index contributed by atoms with van der Waals surface area (Å²) in [5.41, 5.74) is 6.52. The zero-order valence-electron chi connectivity index (χ0n) is 7.53. The summed E-state index contributed by atoms with van der Waals surface area (Å²) in [6.07, 6.45) is 4.04. The molecule has 0 fully saturated rings. The van der Waals surface area contributed by atoms with E-state index in [0.29, 0.717) is 6.54 Å². The third kappa shape index (κ3) is 5.23. The van der Waals surface area contributed by atoms with Crippen molar-refractivity contribution < 1.29 is 21.5 Å². The summed E-state index contributed by atoms with van der Waals surface area (Å²) in [5, 5.41) is 3.06. The molecule has 0 spiro atoms. The summed E-state index contributed by atoms with van der Waals surface area (Å²) in [7, 11) is 1.90. The molecule has 0 atom stereocenters. The van der Waals surface area contributed by atoms with Crippen LogP contribution in [0.5, 0.6) is 0 Å². The van der Waals surface area contributed by atoms with Gasteiger partial charge in [0, 0.05) is 13.1 Å². The smallest absolute Gasteiger partial charge is 0.192 e. The quantitative estimate of drug-likeness (QED) is 0.609. The molecule has 0 aliphatic rings. The fraction of sp³-hybridized carbons (Fsp3) is 0.375. The lowest BCUT2D eigenvalue weighted by molar-refractivity contribution is -0.693. The van der Waals surface area contributed by atoms with E-state index in [-0.39, 0.29) is 34.0 Å².